The molecule has 1 aliphatic carbocycles. The van der Waals surface area contributed by atoms with Gasteiger partial charge in [0.05, 0.1) is 5.69 Å². The van der Waals surface area contributed by atoms with Crippen LogP contribution < -0.4 is 5.73 Å². The van der Waals surface area contributed by atoms with Crippen LogP contribution in [-0.2, 0) is 19.9 Å². The first-order chi connectivity index (χ1) is 9.42. The molecule has 1 saturated carbocycles. The molecule has 1 heterocycles. The average Bonchev–Trinajstić information content (AvgIpc) is 2.68. The minimum absolute atomic E-state index is 0.0173. The van der Waals surface area contributed by atoms with Gasteiger partial charge in [0.15, 0.2) is 0 Å². The van der Waals surface area contributed by atoms with E-state index in [4.69, 9.17) is 5.73 Å². The molecule has 3 heteroatoms. The van der Waals surface area contributed by atoms with Crippen molar-refractivity contribution >= 4 is 0 Å². The standard InChI is InChI=1S/C17H31N3/c1-5-15-10-16(20(4)19-15)12-17(18)8-6-7-14(11-17)9-13(2)3/h10,13-14H,5-9,11-12,18H2,1-4H3. The molecule has 0 aliphatic heterocycles. The predicted octanol–water partition coefficient (Wildman–Crippen LogP) is 3.46. The zero-order valence-electron chi connectivity index (χ0n) is 13.7. The number of nitrogens with two attached hydrogens (primary N) is 1. The van der Waals surface area contributed by atoms with Gasteiger partial charge in [0, 0.05) is 24.7 Å². The van der Waals surface area contributed by atoms with E-state index in [1.165, 1.54) is 37.1 Å². The molecule has 1 aromatic heterocycles. The van der Waals surface area contributed by atoms with Crippen LogP contribution in [0, 0.1) is 11.8 Å². The average molecular weight is 277 g/mol. The summed E-state index contributed by atoms with van der Waals surface area (Å²) in [4.78, 5) is 0. The molecule has 0 spiro atoms. The van der Waals surface area contributed by atoms with Crippen molar-refractivity contribution in [1.82, 2.24) is 9.78 Å². The summed E-state index contributed by atoms with van der Waals surface area (Å²) in [5, 5.41) is 4.55. The Hall–Kier alpha value is -0.830. The first-order valence-corrected chi connectivity index (χ1v) is 8.22. The van der Waals surface area contributed by atoms with Crippen LogP contribution in [-0.4, -0.2) is 15.3 Å². The lowest BCUT2D eigenvalue weighted by Gasteiger charge is -2.38. The van der Waals surface area contributed by atoms with Crippen molar-refractivity contribution in [3.05, 3.63) is 17.5 Å². The highest BCUT2D eigenvalue weighted by molar-refractivity contribution is 5.14. The van der Waals surface area contributed by atoms with Crippen LogP contribution in [0.15, 0.2) is 6.07 Å². The molecule has 1 fully saturated rings. The molecule has 2 N–H and O–H groups in total. The van der Waals surface area contributed by atoms with Gasteiger partial charge >= 0.3 is 0 Å². The molecule has 2 rings (SSSR count). The normalized spacial score (nSPS) is 27.2. The summed E-state index contributed by atoms with van der Waals surface area (Å²) in [5.41, 5.74) is 9.20. The second kappa shape index (κ2) is 6.30. The fraction of sp³-hybridized carbons (Fsp3) is 0.824. The van der Waals surface area contributed by atoms with Gasteiger partial charge in [-0.25, -0.2) is 0 Å². The molecular formula is C17H31N3. The summed E-state index contributed by atoms with van der Waals surface area (Å²) in [6.07, 6.45) is 8.29. The minimum atomic E-state index is -0.0173. The van der Waals surface area contributed by atoms with E-state index in [2.05, 4.69) is 31.9 Å². The summed E-state index contributed by atoms with van der Waals surface area (Å²) in [5.74, 6) is 1.60. The lowest BCUT2D eigenvalue weighted by Crippen LogP contribution is -2.46. The van der Waals surface area contributed by atoms with Gasteiger partial charge < -0.3 is 5.73 Å². The van der Waals surface area contributed by atoms with Crippen molar-refractivity contribution in [1.29, 1.82) is 0 Å². The third kappa shape index (κ3) is 3.85. The number of hydrogen-bond acceptors (Lipinski definition) is 2. The van der Waals surface area contributed by atoms with E-state index in [9.17, 15) is 0 Å². The van der Waals surface area contributed by atoms with Gasteiger partial charge in [0.1, 0.15) is 0 Å². The zero-order valence-corrected chi connectivity index (χ0v) is 13.7. The van der Waals surface area contributed by atoms with Crippen LogP contribution in [0.3, 0.4) is 0 Å². The summed E-state index contributed by atoms with van der Waals surface area (Å²) in [6, 6.07) is 2.24. The third-order valence-electron chi connectivity index (χ3n) is 4.71. The fourth-order valence-corrected chi connectivity index (χ4v) is 3.82. The van der Waals surface area contributed by atoms with Gasteiger partial charge in [-0.2, -0.15) is 5.10 Å². The maximum atomic E-state index is 6.74. The second-order valence-corrected chi connectivity index (χ2v) is 7.24. The largest absolute Gasteiger partial charge is 0.325 e. The SMILES string of the molecule is CCc1cc(CC2(N)CCCC(CC(C)C)C2)n(C)n1. The molecule has 3 nitrogen and oxygen atoms in total. The lowest BCUT2D eigenvalue weighted by molar-refractivity contribution is 0.198. The molecule has 0 saturated heterocycles. The number of aryl methyl sites for hydroxylation is 2. The molecule has 0 bridgehead atoms. The number of nitrogens with zero attached hydrogens (tertiary/aromatic N) is 2. The number of hydrogen-bond donors (Lipinski definition) is 1. The molecule has 20 heavy (non-hydrogen) atoms. The van der Waals surface area contributed by atoms with Crippen molar-refractivity contribution in [2.75, 3.05) is 0 Å². The van der Waals surface area contributed by atoms with E-state index < -0.39 is 0 Å². The summed E-state index contributed by atoms with van der Waals surface area (Å²) in [7, 11) is 2.05. The number of aromatic nitrogens is 2. The van der Waals surface area contributed by atoms with Gasteiger partial charge in [0.25, 0.3) is 0 Å². The second-order valence-electron chi connectivity index (χ2n) is 7.24. The number of rotatable bonds is 5. The van der Waals surface area contributed by atoms with Crippen LogP contribution in [0.2, 0.25) is 0 Å². The van der Waals surface area contributed by atoms with E-state index in [1.807, 2.05) is 11.7 Å². The van der Waals surface area contributed by atoms with Crippen molar-refractivity contribution in [2.45, 2.75) is 71.3 Å². The van der Waals surface area contributed by atoms with Crippen molar-refractivity contribution in [2.24, 2.45) is 24.6 Å². The molecule has 114 valence electrons. The Bertz CT molecular complexity index is 435. The van der Waals surface area contributed by atoms with Crippen molar-refractivity contribution in [3.8, 4) is 0 Å². The van der Waals surface area contributed by atoms with Crippen molar-refractivity contribution < 1.29 is 0 Å². The Morgan fingerprint density at radius 2 is 2.25 bits per heavy atom. The minimum Gasteiger partial charge on any atom is -0.325 e. The highest BCUT2D eigenvalue weighted by Gasteiger charge is 2.33. The first-order valence-electron chi connectivity index (χ1n) is 8.22. The smallest absolute Gasteiger partial charge is 0.0624 e. The van der Waals surface area contributed by atoms with E-state index in [1.54, 1.807) is 0 Å². The van der Waals surface area contributed by atoms with Gasteiger partial charge in [0.2, 0.25) is 0 Å². The van der Waals surface area contributed by atoms with Crippen LogP contribution in [0.4, 0.5) is 0 Å². The predicted molar refractivity (Wildman–Crippen MR) is 84.6 cm³/mol. The van der Waals surface area contributed by atoms with Gasteiger partial charge in [-0.15, -0.1) is 0 Å². The molecule has 2 atom stereocenters. The first kappa shape index (κ1) is 15.6. The van der Waals surface area contributed by atoms with Gasteiger partial charge in [-0.05, 0) is 43.6 Å². The monoisotopic (exact) mass is 277 g/mol. The molecule has 1 aliphatic rings. The van der Waals surface area contributed by atoms with E-state index in [-0.39, 0.29) is 5.54 Å². The van der Waals surface area contributed by atoms with Crippen LogP contribution >= 0.6 is 0 Å². The maximum Gasteiger partial charge on any atom is 0.0624 e. The Morgan fingerprint density at radius 1 is 1.50 bits per heavy atom. The molecule has 0 aromatic carbocycles. The quantitative estimate of drug-likeness (QED) is 0.895. The molecule has 0 amide bonds. The molecular weight excluding hydrogens is 246 g/mol. The van der Waals surface area contributed by atoms with Crippen LogP contribution in [0.5, 0.6) is 0 Å². The highest BCUT2D eigenvalue weighted by Crippen LogP contribution is 2.36. The summed E-state index contributed by atoms with van der Waals surface area (Å²) < 4.78 is 2.03. The van der Waals surface area contributed by atoms with E-state index in [0.29, 0.717) is 0 Å². The summed E-state index contributed by atoms with van der Waals surface area (Å²) in [6.45, 7) is 6.80. The Balaban J connectivity index is 2.04. The van der Waals surface area contributed by atoms with E-state index >= 15 is 0 Å². The lowest BCUT2D eigenvalue weighted by atomic mass is 9.72. The molecule has 2 unspecified atom stereocenters. The Labute approximate surface area is 123 Å². The molecule has 0 radical (unpaired) electrons. The highest BCUT2D eigenvalue weighted by atomic mass is 15.3. The Kier molecular flexibility index (Phi) is 4.90. The zero-order chi connectivity index (χ0) is 14.8. The maximum absolute atomic E-state index is 6.74. The van der Waals surface area contributed by atoms with E-state index in [0.717, 1.165) is 31.1 Å². The van der Waals surface area contributed by atoms with Gasteiger partial charge in [-0.3, -0.25) is 4.68 Å². The fourth-order valence-electron chi connectivity index (χ4n) is 3.82. The Morgan fingerprint density at radius 3 is 2.85 bits per heavy atom. The van der Waals surface area contributed by atoms with Crippen LogP contribution in [0.1, 0.15) is 64.3 Å². The van der Waals surface area contributed by atoms with Crippen LogP contribution in [0.25, 0.3) is 0 Å². The summed E-state index contributed by atoms with van der Waals surface area (Å²) >= 11 is 0. The van der Waals surface area contributed by atoms with Crippen molar-refractivity contribution in [3.63, 3.8) is 0 Å². The third-order valence-corrected chi connectivity index (χ3v) is 4.71. The van der Waals surface area contributed by atoms with Gasteiger partial charge in [-0.1, -0.05) is 33.6 Å². The topological polar surface area (TPSA) is 43.8 Å². The molecule has 1 aromatic rings.